The van der Waals surface area contributed by atoms with E-state index in [2.05, 4.69) is 10.4 Å². The van der Waals surface area contributed by atoms with E-state index in [9.17, 15) is 4.79 Å². The van der Waals surface area contributed by atoms with Gasteiger partial charge in [0.1, 0.15) is 5.60 Å². The molecule has 0 fully saturated rings. The van der Waals surface area contributed by atoms with Crippen molar-refractivity contribution in [3.63, 3.8) is 0 Å². The lowest BCUT2D eigenvalue weighted by Crippen LogP contribution is -2.27. The van der Waals surface area contributed by atoms with Crippen LogP contribution in [0.5, 0.6) is 0 Å². The number of fused-ring (bicyclic) bond motifs is 1. The summed E-state index contributed by atoms with van der Waals surface area (Å²) in [5.41, 5.74) is 1.04. The van der Waals surface area contributed by atoms with Crippen LogP contribution in [0.1, 0.15) is 27.2 Å². The molecule has 6 nitrogen and oxygen atoms in total. The first-order chi connectivity index (χ1) is 9.89. The number of anilines is 1. The number of nitrogens with zero attached hydrogens (tertiary/aromatic N) is 2. The van der Waals surface area contributed by atoms with Gasteiger partial charge in [0.05, 0.1) is 11.7 Å². The molecule has 0 aliphatic carbocycles. The number of nitrogens with one attached hydrogen (secondary N) is 1. The second-order valence-electron chi connectivity index (χ2n) is 5.85. The molecule has 21 heavy (non-hydrogen) atoms. The van der Waals surface area contributed by atoms with E-state index in [0.717, 1.165) is 10.9 Å². The highest BCUT2D eigenvalue weighted by Crippen LogP contribution is 2.20. The minimum atomic E-state index is -0.531. The second kappa shape index (κ2) is 6.13. The van der Waals surface area contributed by atoms with Gasteiger partial charge >= 0.3 is 6.09 Å². The van der Waals surface area contributed by atoms with Crippen molar-refractivity contribution in [2.45, 2.75) is 39.3 Å². The highest BCUT2D eigenvalue weighted by molar-refractivity contribution is 5.89. The molecule has 0 aliphatic heterocycles. The van der Waals surface area contributed by atoms with Gasteiger partial charge < -0.3 is 9.84 Å². The number of aromatic nitrogens is 2. The zero-order valence-corrected chi connectivity index (χ0v) is 12.6. The Hall–Kier alpha value is -2.08. The Bertz CT molecular complexity index is 629. The molecule has 0 spiro atoms. The van der Waals surface area contributed by atoms with Crippen molar-refractivity contribution in [2.75, 3.05) is 11.9 Å². The van der Waals surface area contributed by atoms with Crippen molar-refractivity contribution in [3.05, 3.63) is 24.4 Å². The number of ether oxygens (including phenoxy) is 1. The van der Waals surface area contributed by atoms with Crippen molar-refractivity contribution in [1.29, 1.82) is 0 Å². The quantitative estimate of drug-likeness (QED) is 0.908. The van der Waals surface area contributed by atoms with E-state index in [4.69, 9.17) is 9.84 Å². The number of aliphatic hydroxyl groups excluding tert-OH is 1. The van der Waals surface area contributed by atoms with E-state index in [1.807, 2.05) is 43.7 Å². The number of carbonyl (C=O) groups excluding carboxylic acids is 1. The highest BCUT2D eigenvalue weighted by Gasteiger charge is 2.16. The Morgan fingerprint density at radius 3 is 2.86 bits per heavy atom. The fourth-order valence-electron chi connectivity index (χ4n) is 1.97. The number of benzene rings is 1. The van der Waals surface area contributed by atoms with E-state index in [-0.39, 0.29) is 6.61 Å². The summed E-state index contributed by atoms with van der Waals surface area (Å²) in [7, 11) is 0. The van der Waals surface area contributed by atoms with Gasteiger partial charge in [-0.05, 0) is 45.4 Å². The maximum Gasteiger partial charge on any atom is 0.412 e. The van der Waals surface area contributed by atoms with E-state index >= 15 is 0 Å². The van der Waals surface area contributed by atoms with Crippen LogP contribution < -0.4 is 5.32 Å². The average Bonchev–Trinajstić information content (AvgIpc) is 2.76. The smallest absolute Gasteiger partial charge is 0.412 e. The zero-order chi connectivity index (χ0) is 15.5. The molecule has 6 heteroatoms. The summed E-state index contributed by atoms with van der Waals surface area (Å²) < 4.78 is 7.04. The highest BCUT2D eigenvalue weighted by atomic mass is 16.6. The second-order valence-corrected chi connectivity index (χ2v) is 5.85. The number of hydrogen-bond acceptors (Lipinski definition) is 4. The van der Waals surface area contributed by atoms with Crippen LogP contribution in [0.25, 0.3) is 10.9 Å². The molecule has 0 aliphatic rings. The van der Waals surface area contributed by atoms with Crippen LogP contribution >= 0.6 is 0 Å². The minimum Gasteiger partial charge on any atom is -0.444 e. The lowest BCUT2D eigenvalue weighted by molar-refractivity contribution is 0.0636. The van der Waals surface area contributed by atoms with Gasteiger partial charge in [0.25, 0.3) is 0 Å². The Balaban J connectivity index is 2.15. The molecule has 0 saturated carbocycles. The molecule has 2 aromatic rings. The van der Waals surface area contributed by atoms with Crippen LogP contribution in [0, 0.1) is 0 Å². The molecule has 0 radical (unpaired) electrons. The fraction of sp³-hybridized carbons (Fsp3) is 0.467. The first-order valence-electron chi connectivity index (χ1n) is 6.95. The molecule has 1 aromatic heterocycles. The maximum atomic E-state index is 11.8. The van der Waals surface area contributed by atoms with Crippen LogP contribution in [-0.2, 0) is 11.3 Å². The van der Waals surface area contributed by atoms with Crippen molar-refractivity contribution < 1.29 is 14.6 Å². The van der Waals surface area contributed by atoms with Crippen LogP contribution in [0.2, 0.25) is 0 Å². The Labute approximate surface area is 123 Å². The molecule has 1 heterocycles. The van der Waals surface area contributed by atoms with Gasteiger partial charge in [-0.2, -0.15) is 5.10 Å². The Kier molecular flexibility index (Phi) is 4.47. The molecule has 2 rings (SSSR count). The summed E-state index contributed by atoms with van der Waals surface area (Å²) in [6.45, 7) is 6.21. The monoisotopic (exact) mass is 291 g/mol. The number of rotatable bonds is 4. The molecule has 0 atom stereocenters. The Morgan fingerprint density at radius 2 is 2.19 bits per heavy atom. The van der Waals surface area contributed by atoms with Gasteiger partial charge in [-0.25, -0.2) is 4.79 Å². The third-order valence-corrected chi connectivity index (χ3v) is 2.82. The van der Waals surface area contributed by atoms with E-state index in [0.29, 0.717) is 18.7 Å². The van der Waals surface area contributed by atoms with Crippen LogP contribution in [0.4, 0.5) is 10.5 Å². The van der Waals surface area contributed by atoms with Crippen molar-refractivity contribution in [1.82, 2.24) is 9.78 Å². The Morgan fingerprint density at radius 1 is 1.43 bits per heavy atom. The summed E-state index contributed by atoms with van der Waals surface area (Å²) in [6.07, 6.45) is 1.92. The summed E-state index contributed by atoms with van der Waals surface area (Å²) in [5.74, 6) is 0. The topological polar surface area (TPSA) is 76.4 Å². The third-order valence-electron chi connectivity index (χ3n) is 2.82. The first-order valence-corrected chi connectivity index (χ1v) is 6.95. The average molecular weight is 291 g/mol. The predicted molar refractivity (Wildman–Crippen MR) is 81.3 cm³/mol. The molecule has 2 N–H and O–H groups in total. The lowest BCUT2D eigenvalue weighted by Gasteiger charge is -2.19. The molecule has 1 amide bonds. The van der Waals surface area contributed by atoms with Gasteiger partial charge in [-0.1, -0.05) is 0 Å². The van der Waals surface area contributed by atoms with Gasteiger partial charge in [0.2, 0.25) is 0 Å². The van der Waals surface area contributed by atoms with E-state index in [1.165, 1.54) is 0 Å². The van der Waals surface area contributed by atoms with Crippen LogP contribution in [0.3, 0.4) is 0 Å². The molecule has 114 valence electrons. The minimum absolute atomic E-state index is 0.122. The number of hydrogen-bond donors (Lipinski definition) is 2. The normalized spacial score (nSPS) is 11.6. The molecule has 0 unspecified atom stereocenters. The standard InChI is InChI=1S/C15H21N3O3/c1-15(2,3)21-14(20)17-12-6-5-11-10-16-18(7-4-8-19)13(11)9-12/h5-6,9-10,19H,4,7-8H2,1-3H3,(H,17,20). The number of carbonyl (C=O) groups is 1. The SMILES string of the molecule is CC(C)(C)OC(=O)Nc1ccc2cnn(CCCO)c2c1. The summed E-state index contributed by atoms with van der Waals surface area (Å²) in [4.78, 5) is 11.8. The van der Waals surface area contributed by atoms with E-state index < -0.39 is 11.7 Å². The van der Waals surface area contributed by atoms with Crippen LogP contribution in [0.15, 0.2) is 24.4 Å². The number of aryl methyl sites for hydroxylation is 1. The summed E-state index contributed by atoms with van der Waals surface area (Å²) in [5, 5.41) is 16.9. The summed E-state index contributed by atoms with van der Waals surface area (Å²) in [6, 6.07) is 5.55. The first kappa shape index (κ1) is 15.3. The largest absolute Gasteiger partial charge is 0.444 e. The molecule has 1 aromatic carbocycles. The maximum absolute atomic E-state index is 11.8. The zero-order valence-electron chi connectivity index (χ0n) is 12.6. The fourth-order valence-corrected chi connectivity index (χ4v) is 1.97. The number of aliphatic hydroxyl groups is 1. The molecular weight excluding hydrogens is 270 g/mol. The van der Waals surface area contributed by atoms with Crippen molar-refractivity contribution >= 4 is 22.7 Å². The third kappa shape index (κ3) is 4.19. The van der Waals surface area contributed by atoms with Crippen LogP contribution in [-0.4, -0.2) is 33.2 Å². The van der Waals surface area contributed by atoms with Gasteiger partial charge in [0.15, 0.2) is 0 Å². The lowest BCUT2D eigenvalue weighted by atomic mass is 10.2. The van der Waals surface area contributed by atoms with E-state index in [1.54, 1.807) is 6.20 Å². The molecule has 0 saturated heterocycles. The predicted octanol–water partition coefficient (Wildman–Crippen LogP) is 2.77. The van der Waals surface area contributed by atoms with Crippen molar-refractivity contribution in [3.8, 4) is 0 Å². The van der Waals surface area contributed by atoms with Crippen molar-refractivity contribution in [2.24, 2.45) is 0 Å². The summed E-state index contributed by atoms with van der Waals surface area (Å²) >= 11 is 0. The molecule has 0 bridgehead atoms. The van der Waals surface area contributed by atoms with Gasteiger partial charge in [0, 0.05) is 24.2 Å². The van der Waals surface area contributed by atoms with Gasteiger partial charge in [-0.3, -0.25) is 10.00 Å². The molecular formula is C15H21N3O3. The number of amides is 1. The van der Waals surface area contributed by atoms with Gasteiger partial charge in [-0.15, -0.1) is 0 Å².